The molecule has 5 heteroatoms. The molecule has 1 rings (SSSR count). The third kappa shape index (κ3) is 5.42. The molecule has 1 aromatic carbocycles. The molecule has 0 spiro atoms. The van der Waals surface area contributed by atoms with Gasteiger partial charge in [0.15, 0.2) is 0 Å². The van der Waals surface area contributed by atoms with Gasteiger partial charge in [-0.3, -0.25) is 9.52 Å². The van der Waals surface area contributed by atoms with Crippen molar-refractivity contribution >= 4 is 21.5 Å². The number of anilines is 1. The molecule has 0 radical (unpaired) electrons. The van der Waals surface area contributed by atoms with Crippen molar-refractivity contribution in [1.82, 2.24) is 0 Å². The van der Waals surface area contributed by atoms with E-state index in [9.17, 15) is 13.2 Å². The Balaban J connectivity index is 2.89. The van der Waals surface area contributed by atoms with Gasteiger partial charge in [0.25, 0.3) is 0 Å². The Kier molecular flexibility index (Phi) is 5.11. The van der Waals surface area contributed by atoms with Crippen LogP contribution in [0.15, 0.2) is 18.2 Å². The maximum atomic E-state index is 11.7. The number of hydrogen-bond acceptors (Lipinski definition) is 3. The van der Waals surface area contributed by atoms with Crippen molar-refractivity contribution in [3.05, 3.63) is 29.3 Å². The molecule has 1 N–H and O–H groups in total. The van der Waals surface area contributed by atoms with Crippen molar-refractivity contribution in [2.75, 3.05) is 10.5 Å². The van der Waals surface area contributed by atoms with Crippen molar-refractivity contribution in [3.8, 4) is 0 Å². The van der Waals surface area contributed by atoms with Crippen molar-refractivity contribution < 1.29 is 13.2 Å². The minimum atomic E-state index is -3.59. The summed E-state index contributed by atoms with van der Waals surface area (Å²) in [5.41, 5.74) is 2.58. The summed E-state index contributed by atoms with van der Waals surface area (Å²) in [6.45, 7) is 7.39. The summed E-state index contributed by atoms with van der Waals surface area (Å²) < 4.78 is 25.8. The van der Waals surface area contributed by atoms with Gasteiger partial charge in [0.05, 0.1) is 5.69 Å². The second kappa shape index (κ2) is 6.19. The second-order valence-corrected chi connectivity index (χ2v) is 7.03. The maximum absolute atomic E-state index is 11.7. The van der Waals surface area contributed by atoms with Gasteiger partial charge in [0.1, 0.15) is 11.5 Å². The van der Waals surface area contributed by atoms with Gasteiger partial charge in [-0.2, -0.15) is 0 Å². The Morgan fingerprint density at radius 3 is 2.42 bits per heavy atom. The van der Waals surface area contributed by atoms with Gasteiger partial charge in [0.2, 0.25) is 10.0 Å². The minimum absolute atomic E-state index is 0.374. The lowest BCUT2D eigenvalue weighted by molar-refractivity contribution is -0.114. The first kappa shape index (κ1) is 15.7. The van der Waals surface area contributed by atoms with Crippen LogP contribution in [0.5, 0.6) is 0 Å². The molecule has 0 bridgehead atoms. The molecule has 0 aromatic heterocycles. The number of hydrogen-bond donors (Lipinski definition) is 1. The molecule has 0 aliphatic rings. The van der Waals surface area contributed by atoms with E-state index in [4.69, 9.17) is 0 Å². The first-order valence-corrected chi connectivity index (χ1v) is 7.94. The lowest BCUT2D eigenvalue weighted by atomic mass is 10.0. The average molecular weight is 283 g/mol. The summed E-state index contributed by atoms with van der Waals surface area (Å²) in [7, 11) is -3.59. The number of nitrogens with one attached hydrogen (secondary N) is 1. The van der Waals surface area contributed by atoms with Crippen molar-refractivity contribution in [1.29, 1.82) is 0 Å². The van der Waals surface area contributed by atoms with E-state index in [2.05, 4.69) is 18.6 Å². The third-order valence-electron chi connectivity index (χ3n) is 2.59. The molecule has 0 fully saturated rings. The van der Waals surface area contributed by atoms with Crippen LogP contribution >= 0.6 is 0 Å². The van der Waals surface area contributed by atoms with Crippen molar-refractivity contribution in [3.63, 3.8) is 0 Å². The molecule has 0 unspecified atom stereocenters. The minimum Gasteiger partial charge on any atom is -0.299 e. The first-order valence-electron chi connectivity index (χ1n) is 6.29. The van der Waals surface area contributed by atoms with E-state index < -0.39 is 15.8 Å². The number of carbonyl (C=O) groups is 1. The molecule has 0 aliphatic heterocycles. The Labute approximate surface area is 115 Å². The van der Waals surface area contributed by atoms with Crippen molar-refractivity contribution in [2.24, 2.45) is 5.92 Å². The summed E-state index contributed by atoms with van der Waals surface area (Å²) in [6.07, 6.45) is 0.960. The molecule has 19 heavy (non-hydrogen) atoms. The number of aryl methyl sites for hydroxylation is 1. The monoisotopic (exact) mass is 283 g/mol. The number of Topliss-reactive ketones (excluding diaryl/α,β-unsaturated/α-hetero) is 1. The largest absolute Gasteiger partial charge is 0.299 e. The standard InChI is InChI=1S/C14H21NO3S/c1-10(2)7-13-5-6-14(11(3)8-13)15-19(17,18)9-12(4)16/h5-6,8,10,15H,7,9H2,1-4H3. The van der Waals surface area contributed by atoms with Crippen molar-refractivity contribution in [2.45, 2.75) is 34.1 Å². The Hall–Kier alpha value is -1.36. The normalized spacial score (nSPS) is 11.6. The zero-order chi connectivity index (χ0) is 14.6. The maximum Gasteiger partial charge on any atom is 0.239 e. The lowest BCUT2D eigenvalue weighted by Gasteiger charge is -2.12. The zero-order valence-electron chi connectivity index (χ0n) is 11.9. The third-order valence-corrected chi connectivity index (χ3v) is 3.91. The zero-order valence-corrected chi connectivity index (χ0v) is 12.7. The first-order chi connectivity index (χ1) is 8.69. The predicted octanol–water partition coefficient (Wildman–Crippen LogP) is 2.52. The van der Waals surface area contributed by atoms with Crippen LogP contribution in [0.25, 0.3) is 0 Å². The van der Waals surface area contributed by atoms with Gasteiger partial charge < -0.3 is 0 Å². The number of ketones is 1. The Morgan fingerprint density at radius 2 is 1.95 bits per heavy atom. The van der Waals surface area contributed by atoms with E-state index in [1.165, 1.54) is 12.5 Å². The van der Waals surface area contributed by atoms with Gasteiger partial charge >= 0.3 is 0 Å². The van der Waals surface area contributed by atoms with Crippen LogP contribution in [0.3, 0.4) is 0 Å². The van der Waals surface area contributed by atoms with E-state index in [0.717, 1.165) is 12.0 Å². The highest BCUT2D eigenvalue weighted by atomic mass is 32.2. The van der Waals surface area contributed by atoms with Gasteiger partial charge in [-0.1, -0.05) is 26.0 Å². The van der Waals surface area contributed by atoms with Gasteiger partial charge in [-0.05, 0) is 43.4 Å². The highest BCUT2D eigenvalue weighted by molar-refractivity contribution is 7.93. The quantitative estimate of drug-likeness (QED) is 0.872. The molecule has 0 amide bonds. The fraction of sp³-hybridized carbons (Fsp3) is 0.500. The number of benzene rings is 1. The highest BCUT2D eigenvalue weighted by Crippen LogP contribution is 2.19. The second-order valence-electron chi connectivity index (χ2n) is 5.31. The lowest BCUT2D eigenvalue weighted by Crippen LogP contribution is -2.21. The van der Waals surface area contributed by atoms with Crippen LogP contribution in [0.2, 0.25) is 0 Å². The van der Waals surface area contributed by atoms with Crippen LogP contribution in [0.1, 0.15) is 31.9 Å². The molecule has 4 nitrogen and oxygen atoms in total. The molecule has 0 saturated heterocycles. The summed E-state index contributed by atoms with van der Waals surface area (Å²) in [4.78, 5) is 10.9. The Bertz CT molecular complexity index is 562. The van der Waals surface area contributed by atoms with Crippen LogP contribution < -0.4 is 4.72 Å². The molecule has 0 saturated carbocycles. The van der Waals surface area contributed by atoms with Crippen LogP contribution in [-0.4, -0.2) is 20.0 Å². The fourth-order valence-electron chi connectivity index (χ4n) is 1.91. The molecule has 1 aromatic rings. The SMILES string of the molecule is CC(=O)CS(=O)(=O)Nc1ccc(CC(C)C)cc1C. The molecule has 0 atom stereocenters. The van der Waals surface area contributed by atoms with Gasteiger partial charge in [0, 0.05) is 0 Å². The molecule has 0 heterocycles. The number of sulfonamides is 1. The van der Waals surface area contributed by atoms with E-state index in [1.54, 1.807) is 6.07 Å². The van der Waals surface area contributed by atoms with Crippen LogP contribution in [0, 0.1) is 12.8 Å². The average Bonchev–Trinajstić information content (AvgIpc) is 2.19. The molecular formula is C14H21NO3S. The van der Waals surface area contributed by atoms with E-state index in [-0.39, 0.29) is 5.78 Å². The summed E-state index contributed by atoms with van der Waals surface area (Å²) in [6, 6.07) is 5.65. The van der Waals surface area contributed by atoms with Crippen LogP contribution in [0.4, 0.5) is 5.69 Å². The van der Waals surface area contributed by atoms with E-state index in [1.807, 2.05) is 19.1 Å². The van der Waals surface area contributed by atoms with E-state index >= 15 is 0 Å². The number of rotatable bonds is 6. The molecule has 0 aliphatic carbocycles. The fourth-order valence-corrected chi connectivity index (χ4v) is 3.08. The summed E-state index contributed by atoms with van der Waals surface area (Å²) >= 11 is 0. The summed E-state index contributed by atoms with van der Waals surface area (Å²) in [5.74, 6) is -0.304. The molecule has 106 valence electrons. The summed E-state index contributed by atoms with van der Waals surface area (Å²) in [5, 5.41) is 0. The number of carbonyl (C=O) groups excluding carboxylic acids is 1. The van der Waals surface area contributed by atoms with E-state index in [0.29, 0.717) is 11.6 Å². The van der Waals surface area contributed by atoms with Crippen LogP contribution in [-0.2, 0) is 21.2 Å². The predicted molar refractivity (Wildman–Crippen MR) is 77.8 cm³/mol. The van der Waals surface area contributed by atoms with Gasteiger partial charge in [-0.25, -0.2) is 8.42 Å². The highest BCUT2D eigenvalue weighted by Gasteiger charge is 2.14. The Morgan fingerprint density at radius 1 is 1.32 bits per heavy atom. The topological polar surface area (TPSA) is 63.2 Å². The molecular weight excluding hydrogens is 262 g/mol. The van der Waals surface area contributed by atoms with Gasteiger partial charge in [-0.15, -0.1) is 0 Å². The smallest absolute Gasteiger partial charge is 0.239 e.